The Labute approximate surface area is 129 Å². The first kappa shape index (κ1) is 16.1. The van der Waals surface area contributed by atoms with Crippen LogP contribution in [0.3, 0.4) is 0 Å². The summed E-state index contributed by atoms with van der Waals surface area (Å²) in [5.74, 6) is -0.448. The predicted octanol–water partition coefficient (Wildman–Crippen LogP) is 2.68. The lowest BCUT2D eigenvalue weighted by Crippen LogP contribution is -2.40. The third-order valence-electron chi connectivity index (χ3n) is 4.02. The summed E-state index contributed by atoms with van der Waals surface area (Å²) in [6.07, 6.45) is 7.06. The van der Waals surface area contributed by atoms with Crippen LogP contribution in [0.2, 0.25) is 0 Å². The second kappa shape index (κ2) is 7.66. The first-order valence-corrected chi connectivity index (χ1v) is 8.47. The van der Waals surface area contributed by atoms with E-state index in [4.69, 9.17) is 10.9 Å². The highest BCUT2D eigenvalue weighted by Gasteiger charge is 2.24. The third-order valence-corrected chi connectivity index (χ3v) is 5.19. The second-order valence-electron chi connectivity index (χ2n) is 5.33. The molecule has 116 valence electrons. The highest BCUT2D eigenvalue weighted by Crippen LogP contribution is 2.27. The van der Waals surface area contributed by atoms with Gasteiger partial charge in [-0.1, -0.05) is 24.1 Å². The number of benzene rings is 1. The summed E-state index contributed by atoms with van der Waals surface area (Å²) in [5, 5.41) is 16.0. The van der Waals surface area contributed by atoms with Crippen molar-refractivity contribution in [1.82, 2.24) is 5.32 Å². The summed E-state index contributed by atoms with van der Waals surface area (Å²) in [6.45, 7) is 0.591. The largest absolute Gasteiger partial charge is 0.409 e. The van der Waals surface area contributed by atoms with Gasteiger partial charge in [-0.2, -0.15) is 11.8 Å². The average molecular weight is 311 g/mol. The van der Waals surface area contributed by atoms with Gasteiger partial charge in [0.1, 0.15) is 5.82 Å². The zero-order valence-electron chi connectivity index (χ0n) is 12.2. The molecule has 0 spiro atoms. The fourth-order valence-corrected chi connectivity index (χ4v) is 3.81. The van der Waals surface area contributed by atoms with E-state index in [0.717, 1.165) is 12.0 Å². The van der Waals surface area contributed by atoms with Crippen molar-refractivity contribution in [2.75, 3.05) is 6.26 Å². The standard InChI is InChI=1S/C15H22FN3OS/c1-21-14-5-3-2-4-13(14)18-9-10-6-7-11(16)8-12(10)15(17)19-20/h6-8,13-14,18,20H,2-5,9H2,1H3,(H2,17,19). The monoisotopic (exact) mass is 311 g/mol. The molecule has 2 atom stereocenters. The fraction of sp³-hybridized carbons (Fsp3) is 0.533. The normalized spacial score (nSPS) is 23.2. The van der Waals surface area contributed by atoms with Crippen molar-refractivity contribution in [3.63, 3.8) is 0 Å². The van der Waals surface area contributed by atoms with Gasteiger partial charge >= 0.3 is 0 Å². The molecule has 0 aromatic heterocycles. The minimum absolute atomic E-state index is 0.0589. The van der Waals surface area contributed by atoms with E-state index < -0.39 is 0 Å². The van der Waals surface area contributed by atoms with Crippen molar-refractivity contribution in [1.29, 1.82) is 0 Å². The molecule has 0 bridgehead atoms. The van der Waals surface area contributed by atoms with E-state index in [9.17, 15) is 4.39 Å². The van der Waals surface area contributed by atoms with E-state index in [2.05, 4.69) is 16.7 Å². The number of hydrogen-bond donors (Lipinski definition) is 3. The number of nitrogens with two attached hydrogens (primary N) is 1. The molecule has 0 heterocycles. The number of oxime groups is 1. The van der Waals surface area contributed by atoms with E-state index in [1.165, 1.54) is 31.4 Å². The maximum Gasteiger partial charge on any atom is 0.170 e. The van der Waals surface area contributed by atoms with Gasteiger partial charge in [0.2, 0.25) is 0 Å². The summed E-state index contributed by atoms with van der Waals surface area (Å²) >= 11 is 1.90. The molecule has 1 aromatic rings. The number of thioether (sulfide) groups is 1. The van der Waals surface area contributed by atoms with Crippen LogP contribution in [0.1, 0.15) is 36.8 Å². The number of rotatable bonds is 5. The lowest BCUT2D eigenvalue weighted by Gasteiger charge is -2.31. The first-order valence-electron chi connectivity index (χ1n) is 7.18. The van der Waals surface area contributed by atoms with Gasteiger partial charge in [0.25, 0.3) is 0 Å². The summed E-state index contributed by atoms with van der Waals surface area (Å²) in [5.41, 5.74) is 6.92. The molecule has 0 radical (unpaired) electrons. The van der Waals surface area contributed by atoms with Crippen molar-refractivity contribution in [2.24, 2.45) is 10.9 Å². The fourth-order valence-electron chi connectivity index (χ4n) is 2.85. The highest BCUT2D eigenvalue weighted by molar-refractivity contribution is 7.99. The van der Waals surface area contributed by atoms with Crippen molar-refractivity contribution in [3.8, 4) is 0 Å². The Kier molecular flexibility index (Phi) is 5.87. The molecule has 1 aliphatic rings. The summed E-state index contributed by atoms with van der Waals surface area (Å²) in [7, 11) is 0. The number of hydrogen-bond acceptors (Lipinski definition) is 4. The highest BCUT2D eigenvalue weighted by atomic mass is 32.2. The van der Waals surface area contributed by atoms with Crippen LogP contribution < -0.4 is 11.1 Å². The zero-order chi connectivity index (χ0) is 15.2. The predicted molar refractivity (Wildman–Crippen MR) is 85.3 cm³/mol. The molecule has 6 heteroatoms. The molecular weight excluding hydrogens is 289 g/mol. The average Bonchev–Trinajstić information content (AvgIpc) is 2.53. The van der Waals surface area contributed by atoms with Crippen molar-refractivity contribution < 1.29 is 9.60 Å². The second-order valence-corrected chi connectivity index (χ2v) is 6.41. The minimum Gasteiger partial charge on any atom is -0.409 e. The van der Waals surface area contributed by atoms with Crippen LogP contribution in [0.5, 0.6) is 0 Å². The van der Waals surface area contributed by atoms with Crippen LogP contribution in [0.4, 0.5) is 4.39 Å². The maximum atomic E-state index is 13.3. The molecule has 21 heavy (non-hydrogen) atoms. The lowest BCUT2D eigenvalue weighted by atomic mass is 9.94. The van der Waals surface area contributed by atoms with Gasteiger partial charge in [0.05, 0.1) is 0 Å². The Balaban J connectivity index is 2.09. The van der Waals surface area contributed by atoms with Crippen LogP contribution in [0, 0.1) is 5.82 Å². The Morgan fingerprint density at radius 2 is 2.24 bits per heavy atom. The van der Waals surface area contributed by atoms with Crippen LogP contribution in [-0.4, -0.2) is 28.6 Å². The molecule has 2 rings (SSSR count). The molecule has 0 aliphatic heterocycles. The van der Waals surface area contributed by atoms with Gasteiger partial charge in [-0.25, -0.2) is 4.39 Å². The minimum atomic E-state index is -0.389. The molecule has 2 unspecified atom stereocenters. The Bertz CT molecular complexity index is 510. The molecule has 1 aromatic carbocycles. The Morgan fingerprint density at radius 3 is 2.95 bits per heavy atom. The van der Waals surface area contributed by atoms with E-state index in [-0.39, 0.29) is 11.7 Å². The topological polar surface area (TPSA) is 70.6 Å². The molecule has 4 nitrogen and oxygen atoms in total. The van der Waals surface area contributed by atoms with E-state index in [1.807, 2.05) is 11.8 Å². The third kappa shape index (κ3) is 4.11. The van der Waals surface area contributed by atoms with Crippen LogP contribution >= 0.6 is 11.8 Å². The SMILES string of the molecule is CSC1CCCCC1NCc1ccc(F)cc1/C(N)=N/O. The Hall–Kier alpha value is -1.27. The molecule has 1 fully saturated rings. The zero-order valence-corrected chi connectivity index (χ0v) is 13.0. The number of amidine groups is 1. The van der Waals surface area contributed by atoms with Crippen molar-refractivity contribution >= 4 is 17.6 Å². The molecular formula is C15H22FN3OS. The number of nitrogens with zero attached hydrogens (tertiary/aromatic N) is 1. The number of halogens is 1. The Morgan fingerprint density at radius 1 is 1.48 bits per heavy atom. The van der Waals surface area contributed by atoms with Gasteiger partial charge in [0, 0.05) is 23.4 Å². The van der Waals surface area contributed by atoms with Gasteiger partial charge in [0.15, 0.2) is 5.84 Å². The number of nitrogens with one attached hydrogen (secondary N) is 1. The quantitative estimate of drug-likeness (QED) is 0.338. The van der Waals surface area contributed by atoms with Gasteiger partial charge in [-0.3, -0.25) is 0 Å². The van der Waals surface area contributed by atoms with Crippen molar-refractivity contribution in [2.45, 2.75) is 43.5 Å². The van der Waals surface area contributed by atoms with Gasteiger partial charge < -0.3 is 16.3 Å². The molecule has 4 N–H and O–H groups in total. The smallest absolute Gasteiger partial charge is 0.170 e. The van der Waals surface area contributed by atoms with Crippen molar-refractivity contribution in [3.05, 3.63) is 35.1 Å². The van der Waals surface area contributed by atoms with Gasteiger partial charge in [-0.15, -0.1) is 0 Å². The molecule has 1 saturated carbocycles. The van der Waals surface area contributed by atoms with Crippen LogP contribution in [-0.2, 0) is 6.54 Å². The van der Waals surface area contributed by atoms with E-state index >= 15 is 0 Å². The summed E-state index contributed by atoms with van der Waals surface area (Å²) < 4.78 is 13.3. The molecule has 0 amide bonds. The summed E-state index contributed by atoms with van der Waals surface area (Å²) in [4.78, 5) is 0. The van der Waals surface area contributed by atoms with E-state index in [1.54, 1.807) is 6.07 Å². The molecule has 1 aliphatic carbocycles. The maximum absolute atomic E-state index is 13.3. The summed E-state index contributed by atoms with van der Waals surface area (Å²) in [6, 6.07) is 4.85. The van der Waals surface area contributed by atoms with E-state index in [0.29, 0.717) is 23.4 Å². The first-order chi connectivity index (χ1) is 10.2. The van der Waals surface area contributed by atoms with Crippen LogP contribution in [0.25, 0.3) is 0 Å². The lowest BCUT2D eigenvalue weighted by molar-refractivity contribution is 0.318. The van der Waals surface area contributed by atoms with Crippen LogP contribution in [0.15, 0.2) is 23.4 Å². The van der Waals surface area contributed by atoms with Gasteiger partial charge in [-0.05, 0) is 36.8 Å². The molecule has 0 saturated heterocycles.